The van der Waals surface area contributed by atoms with Gasteiger partial charge < -0.3 is 4.74 Å². The Balaban J connectivity index is 2.07. The van der Waals surface area contributed by atoms with Crippen LogP contribution in [0.5, 0.6) is 5.75 Å². The van der Waals surface area contributed by atoms with Crippen molar-refractivity contribution in [2.24, 2.45) is 0 Å². The minimum atomic E-state index is 0.726. The smallest absolute Gasteiger partial charge is 0.175 e. The zero-order valence-electron chi connectivity index (χ0n) is 12.2. The van der Waals surface area contributed by atoms with E-state index in [1.54, 1.807) is 0 Å². The molecule has 0 radical (unpaired) electrons. The van der Waals surface area contributed by atoms with Crippen LogP contribution in [0, 0.1) is 11.8 Å². The van der Waals surface area contributed by atoms with Gasteiger partial charge in [-0.2, -0.15) is 0 Å². The molecule has 1 aliphatic heterocycles. The molecule has 0 saturated carbocycles. The van der Waals surface area contributed by atoms with Gasteiger partial charge in [0, 0.05) is 12.0 Å². The number of aryl methyl sites for hydroxylation is 1. The van der Waals surface area contributed by atoms with Crippen LogP contribution in [0.2, 0.25) is 0 Å². The molecule has 0 saturated heterocycles. The molecule has 0 atom stereocenters. The van der Waals surface area contributed by atoms with Crippen LogP contribution < -0.4 is 4.74 Å². The van der Waals surface area contributed by atoms with Gasteiger partial charge in [0.05, 0.1) is 12.3 Å². The Labute approximate surface area is 125 Å². The number of unbranched alkanes of at least 4 members (excludes halogenated alkanes) is 1. The van der Waals surface area contributed by atoms with Crippen molar-refractivity contribution in [1.82, 2.24) is 9.97 Å². The first-order valence-electron chi connectivity index (χ1n) is 7.46. The van der Waals surface area contributed by atoms with Crippen LogP contribution in [0.25, 0.3) is 11.4 Å². The minimum Gasteiger partial charge on any atom is -0.489 e. The average molecular weight is 278 g/mol. The highest BCUT2D eigenvalue weighted by Gasteiger charge is 2.18. The summed E-state index contributed by atoms with van der Waals surface area (Å²) in [6.45, 7) is 2.85. The highest BCUT2D eigenvalue weighted by atomic mass is 16.5. The van der Waals surface area contributed by atoms with E-state index in [0.29, 0.717) is 0 Å². The molecule has 21 heavy (non-hydrogen) atoms. The van der Waals surface area contributed by atoms with Crippen molar-refractivity contribution in [2.45, 2.75) is 32.6 Å². The second kappa shape index (κ2) is 6.41. The standard InChI is InChI=1S/C18H18N2O/c1-2-3-5-11-15-17-16(12-8-13-21-17)20-18(19-15)14-9-6-4-7-10-14/h4,6-7,9-10H,2-3,8,12-13H2,1H3. The fourth-order valence-corrected chi connectivity index (χ4v) is 2.30. The minimum absolute atomic E-state index is 0.726. The highest BCUT2D eigenvalue weighted by molar-refractivity contribution is 5.58. The Bertz CT molecular complexity index is 684. The monoisotopic (exact) mass is 278 g/mol. The summed E-state index contributed by atoms with van der Waals surface area (Å²) < 4.78 is 5.75. The van der Waals surface area contributed by atoms with E-state index in [2.05, 4.69) is 28.7 Å². The highest BCUT2D eigenvalue weighted by Crippen LogP contribution is 2.28. The van der Waals surface area contributed by atoms with Crippen LogP contribution in [-0.2, 0) is 6.42 Å². The zero-order valence-corrected chi connectivity index (χ0v) is 12.2. The maximum absolute atomic E-state index is 5.75. The van der Waals surface area contributed by atoms with E-state index in [1.807, 2.05) is 30.3 Å². The second-order valence-corrected chi connectivity index (χ2v) is 5.04. The summed E-state index contributed by atoms with van der Waals surface area (Å²) in [7, 11) is 0. The van der Waals surface area contributed by atoms with Crippen LogP contribution in [0.1, 0.15) is 37.6 Å². The number of hydrogen-bond donors (Lipinski definition) is 0. The van der Waals surface area contributed by atoms with E-state index in [1.165, 1.54) is 0 Å². The molecule has 0 amide bonds. The van der Waals surface area contributed by atoms with Gasteiger partial charge in [-0.1, -0.05) is 43.2 Å². The Morgan fingerprint density at radius 3 is 2.86 bits per heavy atom. The first-order valence-corrected chi connectivity index (χ1v) is 7.46. The van der Waals surface area contributed by atoms with Crippen molar-refractivity contribution >= 4 is 0 Å². The molecular weight excluding hydrogens is 260 g/mol. The van der Waals surface area contributed by atoms with Crippen LogP contribution in [-0.4, -0.2) is 16.6 Å². The van der Waals surface area contributed by atoms with E-state index >= 15 is 0 Å². The maximum Gasteiger partial charge on any atom is 0.175 e. The molecule has 0 fully saturated rings. The molecule has 1 aromatic heterocycles. The normalized spacial score (nSPS) is 12.8. The molecule has 106 valence electrons. The summed E-state index contributed by atoms with van der Waals surface area (Å²) >= 11 is 0. The van der Waals surface area contributed by atoms with Gasteiger partial charge in [-0.15, -0.1) is 0 Å². The summed E-state index contributed by atoms with van der Waals surface area (Å²) in [6, 6.07) is 10.0. The molecule has 0 bridgehead atoms. The largest absolute Gasteiger partial charge is 0.489 e. The Morgan fingerprint density at radius 1 is 1.19 bits per heavy atom. The first-order chi connectivity index (χ1) is 10.4. The number of aromatic nitrogens is 2. The van der Waals surface area contributed by atoms with E-state index in [0.717, 1.165) is 60.8 Å². The van der Waals surface area contributed by atoms with E-state index in [9.17, 15) is 0 Å². The summed E-state index contributed by atoms with van der Waals surface area (Å²) in [5, 5.41) is 0. The van der Waals surface area contributed by atoms with E-state index in [-0.39, 0.29) is 0 Å². The number of benzene rings is 1. The summed E-state index contributed by atoms with van der Waals surface area (Å²) in [5.74, 6) is 7.84. The molecule has 2 aromatic rings. The predicted molar refractivity (Wildman–Crippen MR) is 83.1 cm³/mol. The third-order valence-corrected chi connectivity index (χ3v) is 3.35. The van der Waals surface area contributed by atoms with Gasteiger partial charge >= 0.3 is 0 Å². The van der Waals surface area contributed by atoms with Gasteiger partial charge in [-0.05, 0) is 25.2 Å². The number of ether oxygens (including phenoxy) is 1. The van der Waals surface area contributed by atoms with Crippen LogP contribution in [0.4, 0.5) is 0 Å². The second-order valence-electron chi connectivity index (χ2n) is 5.04. The lowest BCUT2D eigenvalue weighted by atomic mass is 10.1. The Hall–Kier alpha value is -2.34. The molecular formula is C18H18N2O. The van der Waals surface area contributed by atoms with Crippen molar-refractivity contribution in [3.63, 3.8) is 0 Å². The molecule has 3 nitrogen and oxygen atoms in total. The molecule has 0 spiro atoms. The third-order valence-electron chi connectivity index (χ3n) is 3.35. The lowest BCUT2D eigenvalue weighted by molar-refractivity contribution is 0.282. The SMILES string of the molecule is CCCC#Cc1nc(-c2ccccc2)nc2c1OCCC2. The molecule has 0 unspecified atom stereocenters. The lowest BCUT2D eigenvalue weighted by Gasteiger charge is -2.18. The maximum atomic E-state index is 5.75. The molecule has 1 aromatic carbocycles. The van der Waals surface area contributed by atoms with Gasteiger partial charge in [-0.3, -0.25) is 0 Å². The van der Waals surface area contributed by atoms with Gasteiger partial charge in [0.25, 0.3) is 0 Å². The van der Waals surface area contributed by atoms with Gasteiger partial charge in [-0.25, -0.2) is 9.97 Å². The number of nitrogens with zero attached hydrogens (tertiary/aromatic N) is 2. The average Bonchev–Trinajstić information content (AvgIpc) is 2.55. The zero-order chi connectivity index (χ0) is 14.5. The quantitative estimate of drug-likeness (QED) is 0.787. The van der Waals surface area contributed by atoms with Gasteiger partial charge in [0.15, 0.2) is 17.3 Å². The Morgan fingerprint density at radius 2 is 2.05 bits per heavy atom. The van der Waals surface area contributed by atoms with Crippen molar-refractivity contribution in [2.75, 3.05) is 6.61 Å². The lowest BCUT2D eigenvalue weighted by Crippen LogP contribution is -2.13. The number of rotatable bonds is 2. The molecule has 1 aliphatic rings. The molecule has 0 aliphatic carbocycles. The van der Waals surface area contributed by atoms with Crippen molar-refractivity contribution in [1.29, 1.82) is 0 Å². The summed E-state index contributed by atoms with van der Waals surface area (Å²) in [5.41, 5.74) is 2.73. The fourth-order valence-electron chi connectivity index (χ4n) is 2.30. The predicted octanol–water partition coefficient (Wildman–Crippen LogP) is 3.62. The topological polar surface area (TPSA) is 35.0 Å². The first kappa shape index (κ1) is 13.6. The van der Waals surface area contributed by atoms with Crippen molar-refractivity contribution < 1.29 is 4.74 Å². The number of fused-ring (bicyclic) bond motifs is 1. The van der Waals surface area contributed by atoms with Crippen LogP contribution in [0.3, 0.4) is 0 Å². The molecule has 2 heterocycles. The molecule has 3 rings (SSSR count). The van der Waals surface area contributed by atoms with Gasteiger partial charge in [0.1, 0.15) is 0 Å². The van der Waals surface area contributed by atoms with E-state index < -0.39 is 0 Å². The number of hydrogen-bond acceptors (Lipinski definition) is 3. The van der Waals surface area contributed by atoms with Crippen molar-refractivity contribution in [3.8, 4) is 29.0 Å². The van der Waals surface area contributed by atoms with Crippen molar-refractivity contribution in [3.05, 3.63) is 41.7 Å². The Kier molecular flexibility index (Phi) is 4.16. The molecule has 3 heteroatoms. The fraction of sp³-hybridized carbons (Fsp3) is 0.333. The molecule has 0 N–H and O–H groups in total. The van der Waals surface area contributed by atoms with Gasteiger partial charge in [0.2, 0.25) is 0 Å². The summed E-state index contributed by atoms with van der Waals surface area (Å²) in [6.07, 6.45) is 3.85. The van der Waals surface area contributed by atoms with Crippen LogP contribution >= 0.6 is 0 Å². The summed E-state index contributed by atoms with van der Waals surface area (Å²) in [4.78, 5) is 9.29. The van der Waals surface area contributed by atoms with E-state index in [4.69, 9.17) is 4.74 Å². The third kappa shape index (κ3) is 3.05. The van der Waals surface area contributed by atoms with Crippen LogP contribution in [0.15, 0.2) is 30.3 Å².